The fraction of sp³-hybridized carbons (Fsp3) is 0.448. The number of benzene rings is 2. The van der Waals surface area contributed by atoms with E-state index in [4.69, 9.17) is 9.26 Å². The molecule has 40 heavy (non-hydrogen) atoms. The zero-order valence-electron chi connectivity index (χ0n) is 23.6. The molecule has 0 saturated carbocycles. The Hall–Kier alpha value is -3.96. The molecular formula is C29H37N7O4. The maximum atomic E-state index is 13.7. The van der Waals surface area contributed by atoms with Crippen LogP contribution in [-0.4, -0.2) is 77.8 Å². The molecule has 0 unspecified atom stereocenters. The smallest absolute Gasteiger partial charge is 0.256 e. The summed E-state index contributed by atoms with van der Waals surface area (Å²) in [5, 5.41) is 14.0. The van der Waals surface area contributed by atoms with E-state index in [2.05, 4.69) is 46.8 Å². The summed E-state index contributed by atoms with van der Waals surface area (Å²) in [6, 6.07) is 12.4. The highest BCUT2D eigenvalue weighted by Crippen LogP contribution is 2.40. The van der Waals surface area contributed by atoms with Crippen molar-refractivity contribution in [1.82, 2.24) is 30.8 Å². The molecule has 2 N–H and O–H groups in total. The number of rotatable bonds is 11. The van der Waals surface area contributed by atoms with E-state index >= 15 is 0 Å². The fourth-order valence-electron chi connectivity index (χ4n) is 5.04. The van der Waals surface area contributed by atoms with Crippen molar-refractivity contribution in [3.05, 3.63) is 59.0 Å². The van der Waals surface area contributed by atoms with Crippen molar-refractivity contribution < 1.29 is 18.8 Å². The van der Waals surface area contributed by atoms with E-state index in [9.17, 15) is 9.59 Å². The first-order valence-electron chi connectivity index (χ1n) is 13.7. The van der Waals surface area contributed by atoms with Crippen LogP contribution in [0.4, 0.5) is 5.69 Å². The second kappa shape index (κ2) is 12.1. The molecule has 3 heterocycles. The quantitative estimate of drug-likeness (QED) is 0.349. The molecule has 0 saturated heterocycles. The molecule has 0 bridgehead atoms. The van der Waals surface area contributed by atoms with Gasteiger partial charge < -0.3 is 24.8 Å². The third-order valence-corrected chi connectivity index (χ3v) is 7.16. The Morgan fingerprint density at radius 3 is 2.50 bits per heavy atom. The van der Waals surface area contributed by atoms with Crippen LogP contribution in [0.25, 0.3) is 11.4 Å². The predicted octanol–water partition coefficient (Wildman–Crippen LogP) is 2.29. The van der Waals surface area contributed by atoms with Gasteiger partial charge in [-0.05, 0) is 23.3 Å². The number of ether oxygens (including phenoxy) is 1. The molecule has 0 radical (unpaired) electrons. The summed E-state index contributed by atoms with van der Waals surface area (Å²) < 4.78 is 11.2. The zero-order valence-corrected chi connectivity index (χ0v) is 23.6. The van der Waals surface area contributed by atoms with Crippen molar-refractivity contribution in [3.63, 3.8) is 0 Å². The Kier molecular flexibility index (Phi) is 8.32. The van der Waals surface area contributed by atoms with Crippen LogP contribution in [0.1, 0.15) is 36.4 Å². The predicted molar refractivity (Wildman–Crippen MR) is 150 cm³/mol. The topological polar surface area (TPSA) is 116 Å². The van der Waals surface area contributed by atoms with Crippen LogP contribution in [0.2, 0.25) is 0 Å². The Bertz CT molecular complexity index is 1350. The highest BCUT2D eigenvalue weighted by atomic mass is 16.5. The number of likely N-dealkylation sites (N-methyl/N-ethyl adjacent to an activating group) is 1. The van der Waals surface area contributed by atoms with Gasteiger partial charge in [-0.2, -0.15) is 4.98 Å². The first-order valence-corrected chi connectivity index (χ1v) is 13.7. The molecule has 11 nitrogen and oxygen atoms in total. The van der Waals surface area contributed by atoms with Crippen LogP contribution in [0, 0.1) is 6.92 Å². The number of nitrogens with zero attached hydrogens (tertiary/aromatic N) is 5. The average Bonchev–Trinajstić information content (AvgIpc) is 3.68. The van der Waals surface area contributed by atoms with Gasteiger partial charge in [0.25, 0.3) is 5.91 Å². The van der Waals surface area contributed by atoms with Crippen LogP contribution in [-0.2, 0) is 29.1 Å². The monoisotopic (exact) mass is 547 g/mol. The zero-order chi connectivity index (χ0) is 28.2. The second-order valence-corrected chi connectivity index (χ2v) is 10.5. The Morgan fingerprint density at radius 1 is 1.07 bits per heavy atom. The maximum Gasteiger partial charge on any atom is 0.256 e. The van der Waals surface area contributed by atoms with E-state index in [1.807, 2.05) is 29.3 Å². The Labute approximate surface area is 234 Å². The molecule has 11 heteroatoms. The van der Waals surface area contributed by atoms with Crippen molar-refractivity contribution in [2.24, 2.45) is 0 Å². The van der Waals surface area contributed by atoms with Gasteiger partial charge in [0.05, 0.1) is 25.4 Å². The highest BCUT2D eigenvalue weighted by Gasteiger charge is 2.29. The van der Waals surface area contributed by atoms with Gasteiger partial charge in [0.15, 0.2) is 0 Å². The number of aromatic nitrogens is 2. The van der Waals surface area contributed by atoms with Gasteiger partial charge in [-0.25, -0.2) is 5.01 Å². The van der Waals surface area contributed by atoms with Gasteiger partial charge in [-0.15, -0.1) is 0 Å². The van der Waals surface area contributed by atoms with Crippen molar-refractivity contribution >= 4 is 17.5 Å². The minimum atomic E-state index is -0.179. The van der Waals surface area contributed by atoms with E-state index < -0.39 is 0 Å². The van der Waals surface area contributed by atoms with E-state index in [1.54, 1.807) is 23.9 Å². The lowest BCUT2D eigenvalue weighted by Crippen LogP contribution is -2.48. The van der Waals surface area contributed by atoms with Gasteiger partial charge in [0.1, 0.15) is 5.75 Å². The normalized spacial score (nSPS) is 14.1. The molecule has 3 aromatic rings. The SMILES string of the molecule is Cc1nc(-c2cc3c(c(N(CC(=O)NCCNC(C)C)CC(=O)N(C)N4Cc5ccccc5C4)c2)OCC3)no1. The van der Waals surface area contributed by atoms with E-state index in [0.717, 1.165) is 11.1 Å². The number of anilines is 1. The number of nitrogens with one attached hydrogen (secondary N) is 2. The fourth-order valence-corrected chi connectivity index (χ4v) is 5.04. The first-order chi connectivity index (χ1) is 19.3. The molecule has 2 amide bonds. The van der Waals surface area contributed by atoms with Crippen LogP contribution >= 0.6 is 0 Å². The summed E-state index contributed by atoms with van der Waals surface area (Å²) >= 11 is 0. The number of hydrogen-bond donors (Lipinski definition) is 2. The lowest BCUT2D eigenvalue weighted by molar-refractivity contribution is -0.145. The van der Waals surface area contributed by atoms with E-state index in [-0.39, 0.29) is 24.9 Å². The van der Waals surface area contributed by atoms with E-state index in [0.29, 0.717) is 68.4 Å². The molecule has 2 aliphatic heterocycles. The number of aryl methyl sites for hydroxylation is 1. The summed E-state index contributed by atoms with van der Waals surface area (Å²) in [6.07, 6.45) is 0.716. The van der Waals surface area contributed by atoms with Crippen molar-refractivity contribution in [3.8, 4) is 17.1 Å². The van der Waals surface area contributed by atoms with Crippen LogP contribution in [0.5, 0.6) is 5.75 Å². The van der Waals surface area contributed by atoms with Crippen LogP contribution in [0.15, 0.2) is 40.9 Å². The minimum absolute atomic E-state index is 0.00793. The van der Waals surface area contributed by atoms with Gasteiger partial charge in [-0.3, -0.25) is 14.6 Å². The largest absolute Gasteiger partial charge is 0.491 e. The van der Waals surface area contributed by atoms with Crippen molar-refractivity contribution in [1.29, 1.82) is 0 Å². The number of fused-ring (bicyclic) bond motifs is 2. The first kappa shape index (κ1) is 27.6. The number of carbonyl (C=O) groups is 2. The molecule has 1 aromatic heterocycles. The molecule has 0 aliphatic carbocycles. The molecule has 2 aliphatic rings. The third-order valence-electron chi connectivity index (χ3n) is 7.16. The van der Waals surface area contributed by atoms with Gasteiger partial charge in [0.2, 0.25) is 17.6 Å². The van der Waals surface area contributed by atoms with Crippen LogP contribution in [0.3, 0.4) is 0 Å². The molecule has 212 valence electrons. The summed E-state index contributed by atoms with van der Waals surface area (Å²) in [7, 11) is 1.78. The van der Waals surface area contributed by atoms with Gasteiger partial charge in [-0.1, -0.05) is 43.3 Å². The summed E-state index contributed by atoms with van der Waals surface area (Å²) in [5.41, 5.74) is 4.82. The molecule has 2 aromatic carbocycles. The van der Waals surface area contributed by atoms with Crippen molar-refractivity contribution in [2.45, 2.75) is 46.3 Å². The minimum Gasteiger partial charge on any atom is -0.491 e. The standard InChI is InChI=1S/C29H37N7O4/c1-19(2)30-10-11-31-26(37)17-35(18-27(38)34(4)36-15-22-7-5-6-8-23(22)16-36)25-14-24(29-32-20(3)40-33-29)13-21-9-12-39-28(21)25/h5-8,13-14,19,30H,9-12,15-18H2,1-4H3,(H,31,37). The molecule has 0 atom stereocenters. The highest BCUT2D eigenvalue weighted by molar-refractivity contribution is 5.88. The number of amides is 2. The second-order valence-electron chi connectivity index (χ2n) is 10.5. The summed E-state index contributed by atoms with van der Waals surface area (Å²) in [5.74, 6) is 1.29. The number of hydrazine groups is 1. The van der Waals surface area contributed by atoms with Crippen LogP contribution < -0.4 is 20.3 Å². The Balaban J connectivity index is 1.39. The molecule has 0 fully saturated rings. The van der Waals surface area contributed by atoms with Crippen molar-refractivity contribution in [2.75, 3.05) is 44.7 Å². The molecular weight excluding hydrogens is 510 g/mol. The maximum absolute atomic E-state index is 13.7. The number of carbonyl (C=O) groups excluding carboxylic acids is 2. The Morgan fingerprint density at radius 2 is 1.82 bits per heavy atom. The lowest BCUT2D eigenvalue weighted by atomic mass is 10.1. The lowest BCUT2D eigenvalue weighted by Gasteiger charge is -2.32. The summed E-state index contributed by atoms with van der Waals surface area (Å²) in [4.78, 5) is 32.9. The van der Waals surface area contributed by atoms with Gasteiger partial charge >= 0.3 is 0 Å². The molecule has 5 rings (SSSR count). The summed E-state index contributed by atoms with van der Waals surface area (Å²) in [6.45, 7) is 8.83. The molecule has 0 spiro atoms. The van der Waals surface area contributed by atoms with Gasteiger partial charge in [0, 0.05) is 63.7 Å². The van der Waals surface area contributed by atoms with E-state index in [1.165, 1.54) is 11.1 Å². The average molecular weight is 548 g/mol. The number of hydrogen-bond acceptors (Lipinski definition) is 9. The third kappa shape index (κ3) is 6.26.